The molecule has 1 aliphatic rings. The van der Waals surface area contributed by atoms with Gasteiger partial charge in [-0.15, -0.1) is 0 Å². The quantitative estimate of drug-likeness (QED) is 0.482. The van der Waals surface area contributed by atoms with Gasteiger partial charge in [0.25, 0.3) is 0 Å². The first-order valence-corrected chi connectivity index (χ1v) is 12.0. The second-order valence-electron chi connectivity index (χ2n) is 9.21. The number of fused-ring (bicyclic) bond motifs is 1. The van der Waals surface area contributed by atoms with E-state index in [1.807, 2.05) is 46.1 Å². The zero-order valence-electron chi connectivity index (χ0n) is 20.2. The van der Waals surface area contributed by atoms with Crippen molar-refractivity contribution in [1.82, 2.24) is 9.55 Å². The molecule has 1 fully saturated rings. The second kappa shape index (κ2) is 10.4. The van der Waals surface area contributed by atoms with Crippen molar-refractivity contribution in [1.29, 1.82) is 0 Å². The van der Waals surface area contributed by atoms with E-state index >= 15 is 0 Å². The lowest BCUT2D eigenvalue weighted by molar-refractivity contribution is -0.121. The van der Waals surface area contributed by atoms with Gasteiger partial charge in [0.15, 0.2) is 0 Å². The summed E-state index contributed by atoms with van der Waals surface area (Å²) in [5, 5.41) is 1.07. The van der Waals surface area contributed by atoms with Gasteiger partial charge in [-0.25, -0.2) is 4.98 Å². The van der Waals surface area contributed by atoms with Crippen molar-refractivity contribution in [3.05, 3.63) is 53.9 Å². The van der Waals surface area contributed by atoms with Crippen molar-refractivity contribution in [3.8, 4) is 5.75 Å². The molecule has 0 N–H and O–H groups in total. The number of hydrogen-bond acceptors (Lipinski definition) is 4. The van der Waals surface area contributed by atoms with Crippen LogP contribution in [-0.4, -0.2) is 42.3 Å². The third kappa shape index (κ3) is 5.38. The monoisotopic (exact) mass is 449 g/mol. The topological polar surface area (TPSA) is 56.6 Å². The number of amides is 1. The normalized spacial score (nSPS) is 14.7. The first-order chi connectivity index (χ1) is 16.0. The second-order valence-corrected chi connectivity index (χ2v) is 9.21. The third-order valence-corrected chi connectivity index (χ3v) is 6.42. The number of nitrogens with zero attached hydrogens (tertiary/aromatic N) is 3. The minimum atomic E-state index is -0.0564. The maximum Gasteiger partial charge on any atom is 0.229 e. The summed E-state index contributed by atoms with van der Waals surface area (Å²) in [5.41, 5.74) is 4.29. The van der Waals surface area contributed by atoms with Crippen LogP contribution in [0, 0.1) is 11.8 Å². The highest BCUT2D eigenvalue weighted by Crippen LogP contribution is 2.28. The molecule has 0 bridgehead atoms. The molecule has 0 radical (unpaired) electrons. The van der Waals surface area contributed by atoms with Crippen LogP contribution in [0.25, 0.3) is 11.0 Å². The fourth-order valence-electron chi connectivity index (χ4n) is 4.50. The van der Waals surface area contributed by atoms with Gasteiger partial charge < -0.3 is 18.9 Å². The van der Waals surface area contributed by atoms with Crippen molar-refractivity contribution >= 4 is 22.6 Å². The average Bonchev–Trinajstić information content (AvgIpc) is 3.16. The number of aromatic nitrogens is 2. The highest BCUT2D eigenvalue weighted by Gasteiger charge is 2.20. The van der Waals surface area contributed by atoms with E-state index in [4.69, 9.17) is 14.5 Å². The molecule has 1 amide bonds. The number of anilines is 1. The Labute approximate surface area is 196 Å². The summed E-state index contributed by atoms with van der Waals surface area (Å²) in [6.07, 6.45) is 4.80. The standard InChI is InChI=1S/C27H35N3O3/c1-5-33-25-8-6-20(7-9-25)14-23-15-22-16-24(29(4)27(31)19(2)3)17-28-26(22)30(23)18-21-10-12-32-13-11-21/h6-9,15-17,19,21H,5,10-14,18H2,1-4H3. The fraction of sp³-hybridized carbons (Fsp3) is 0.481. The number of ether oxygens (including phenoxy) is 2. The molecule has 4 rings (SSSR count). The largest absolute Gasteiger partial charge is 0.494 e. The molecule has 3 aromatic rings. The van der Waals surface area contributed by atoms with Crippen LogP contribution in [0.15, 0.2) is 42.6 Å². The number of pyridine rings is 1. The van der Waals surface area contributed by atoms with Crippen molar-refractivity contribution in [3.63, 3.8) is 0 Å². The van der Waals surface area contributed by atoms with E-state index in [0.29, 0.717) is 12.5 Å². The van der Waals surface area contributed by atoms with Gasteiger partial charge in [0.05, 0.1) is 18.5 Å². The SMILES string of the molecule is CCOc1ccc(Cc2cc3cc(N(C)C(=O)C(C)C)cnc3n2CC2CCOCC2)cc1. The van der Waals surface area contributed by atoms with E-state index < -0.39 is 0 Å². The minimum Gasteiger partial charge on any atom is -0.494 e. The summed E-state index contributed by atoms with van der Waals surface area (Å²) >= 11 is 0. The molecule has 0 aliphatic carbocycles. The highest BCUT2D eigenvalue weighted by molar-refractivity contribution is 5.95. The van der Waals surface area contributed by atoms with E-state index in [-0.39, 0.29) is 11.8 Å². The summed E-state index contributed by atoms with van der Waals surface area (Å²) in [4.78, 5) is 19.0. The molecule has 2 aromatic heterocycles. The predicted molar refractivity (Wildman–Crippen MR) is 132 cm³/mol. The molecular weight excluding hydrogens is 414 g/mol. The molecular formula is C27H35N3O3. The van der Waals surface area contributed by atoms with Gasteiger partial charge in [-0.05, 0) is 55.5 Å². The lowest BCUT2D eigenvalue weighted by Crippen LogP contribution is -2.30. The Kier molecular flexibility index (Phi) is 7.33. The molecule has 6 nitrogen and oxygen atoms in total. The highest BCUT2D eigenvalue weighted by atomic mass is 16.5. The van der Waals surface area contributed by atoms with E-state index in [0.717, 1.165) is 61.5 Å². The van der Waals surface area contributed by atoms with Crippen molar-refractivity contribution in [2.45, 2.75) is 46.6 Å². The van der Waals surface area contributed by atoms with Gasteiger partial charge >= 0.3 is 0 Å². The van der Waals surface area contributed by atoms with Crippen molar-refractivity contribution in [2.24, 2.45) is 11.8 Å². The summed E-state index contributed by atoms with van der Waals surface area (Å²) in [6, 6.07) is 12.7. The Morgan fingerprint density at radius 2 is 1.94 bits per heavy atom. The molecule has 1 aromatic carbocycles. The number of benzene rings is 1. The van der Waals surface area contributed by atoms with Crippen LogP contribution < -0.4 is 9.64 Å². The molecule has 0 unspecified atom stereocenters. The van der Waals surface area contributed by atoms with Crippen molar-refractivity contribution < 1.29 is 14.3 Å². The minimum absolute atomic E-state index is 0.0564. The van der Waals surface area contributed by atoms with Crippen LogP contribution in [0.5, 0.6) is 5.75 Å². The molecule has 0 spiro atoms. The van der Waals surface area contributed by atoms with Crippen LogP contribution in [0.2, 0.25) is 0 Å². The van der Waals surface area contributed by atoms with Crippen LogP contribution in [-0.2, 0) is 22.5 Å². The van der Waals surface area contributed by atoms with Crippen LogP contribution in [0.1, 0.15) is 44.9 Å². The van der Waals surface area contributed by atoms with Gasteiger partial charge in [0.2, 0.25) is 5.91 Å². The van der Waals surface area contributed by atoms with Gasteiger partial charge in [-0.3, -0.25) is 4.79 Å². The number of carbonyl (C=O) groups is 1. The van der Waals surface area contributed by atoms with Gasteiger partial charge in [-0.2, -0.15) is 0 Å². The molecule has 3 heterocycles. The van der Waals surface area contributed by atoms with Gasteiger partial charge in [0.1, 0.15) is 11.4 Å². The summed E-state index contributed by atoms with van der Waals surface area (Å²) in [6.45, 7) is 9.10. The smallest absolute Gasteiger partial charge is 0.229 e. The summed E-state index contributed by atoms with van der Waals surface area (Å²) in [7, 11) is 1.82. The van der Waals surface area contributed by atoms with Gasteiger partial charge in [-0.1, -0.05) is 26.0 Å². The van der Waals surface area contributed by atoms with E-state index in [2.05, 4.69) is 28.8 Å². The van der Waals surface area contributed by atoms with E-state index in [1.54, 1.807) is 4.90 Å². The molecule has 176 valence electrons. The summed E-state index contributed by atoms with van der Waals surface area (Å²) in [5.74, 6) is 1.51. The van der Waals surface area contributed by atoms with Crippen LogP contribution in [0.3, 0.4) is 0 Å². The van der Waals surface area contributed by atoms with Gasteiger partial charge in [0, 0.05) is 50.2 Å². The maximum atomic E-state index is 12.5. The Balaban J connectivity index is 1.67. The Morgan fingerprint density at radius 3 is 2.61 bits per heavy atom. The lowest BCUT2D eigenvalue weighted by atomic mass is 10.00. The maximum absolute atomic E-state index is 12.5. The molecule has 1 saturated heterocycles. The Morgan fingerprint density at radius 1 is 1.21 bits per heavy atom. The average molecular weight is 450 g/mol. The zero-order chi connectivity index (χ0) is 23.4. The Bertz CT molecular complexity index is 1080. The molecule has 0 saturated carbocycles. The van der Waals surface area contributed by atoms with E-state index in [1.165, 1.54) is 11.3 Å². The molecule has 6 heteroatoms. The first kappa shape index (κ1) is 23.3. The number of hydrogen-bond donors (Lipinski definition) is 0. The first-order valence-electron chi connectivity index (χ1n) is 12.0. The zero-order valence-corrected chi connectivity index (χ0v) is 20.2. The molecule has 33 heavy (non-hydrogen) atoms. The fourth-order valence-corrected chi connectivity index (χ4v) is 4.50. The lowest BCUT2D eigenvalue weighted by Gasteiger charge is -2.24. The molecule has 0 atom stereocenters. The van der Waals surface area contributed by atoms with Crippen LogP contribution in [0.4, 0.5) is 5.69 Å². The third-order valence-electron chi connectivity index (χ3n) is 6.42. The number of rotatable bonds is 8. The predicted octanol–water partition coefficient (Wildman–Crippen LogP) is 5.07. The summed E-state index contributed by atoms with van der Waals surface area (Å²) < 4.78 is 13.5. The molecule has 1 aliphatic heterocycles. The Hall–Kier alpha value is -2.86. The van der Waals surface area contributed by atoms with E-state index in [9.17, 15) is 4.79 Å². The number of carbonyl (C=O) groups excluding carboxylic acids is 1. The van der Waals surface area contributed by atoms with Crippen molar-refractivity contribution in [2.75, 3.05) is 31.8 Å². The van der Waals surface area contributed by atoms with Crippen LogP contribution >= 0.6 is 0 Å².